The van der Waals surface area contributed by atoms with Crippen LogP contribution in [0.3, 0.4) is 0 Å². The van der Waals surface area contributed by atoms with Gasteiger partial charge in [-0.3, -0.25) is 0 Å². The van der Waals surface area contributed by atoms with Crippen molar-refractivity contribution in [1.29, 1.82) is 0 Å². The molecule has 0 aliphatic heterocycles. The predicted molar refractivity (Wildman–Crippen MR) is 252 cm³/mol. The number of benzene rings is 7. The van der Waals surface area contributed by atoms with Gasteiger partial charge in [-0.1, -0.05) is 164 Å². The Bertz CT molecular complexity index is 3460. The van der Waals surface area contributed by atoms with Crippen LogP contribution in [0.15, 0.2) is 181 Å². The van der Waals surface area contributed by atoms with E-state index in [1.54, 1.807) is 0 Å². The highest BCUT2D eigenvalue weighted by Crippen LogP contribution is 2.44. The first kappa shape index (κ1) is 35.5. The molecular formula is C56H39N3O. The van der Waals surface area contributed by atoms with Crippen molar-refractivity contribution in [1.82, 2.24) is 15.0 Å². The standard InChI is InChI=1S/C56H39N3O/c1-3-16-47-49(4-2)57-54(55-53(47)48-25-14-15-26-52(48)60-55)46-32-31-45(42-22-11-12-23-43(42)46)51-34-50(58-56(59-51)36-18-6-5-7-19-36)44-24-13-10-21-40(44)38-29-30-41-37(33-38)28-27-35-17-8-9-20-39(35)41/h3-9,11-12,14-34H,2,10,13H2,1H3/b16-3-. The number of pyridine rings is 1. The predicted octanol–water partition coefficient (Wildman–Crippen LogP) is 15.2. The molecule has 0 unspecified atom stereocenters. The molecule has 4 nitrogen and oxygen atoms in total. The second-order valence-corrected chi connectivity index (χ2v) is 15.3. The second kappa shape index (κ2) is 14.6. The summed E-state index contributed by atoms with van der Waals surface area (Å²) in [7, 11) is 0. The number of aromatic nitrogens is 3. The van der Waals surface area contributed by atoms with Crippen molar-refractivity contribution in [3.8, 4) is 33.9 Å². The summed E-state index contributed by atoms with van der Waals surface area (Å²) in [4.78, 5) is 15.9. The lowest BCUT2D eigenvalue weighted by Gasteiger charge is -2.19. The zero-order valence-corrected chi connectivity index (χ0v) is 33.2. The quantitative estimate of drug-likeness (QED) is 0.152. The van der Waals surface area contributed by atoms with Crippen LogP contribution >= 0.6 is 0 Å². The Morgan fingerprint density at radius 3 is 2.03 bits per heavy atom. The van der Waals surface area contributed by atoms with Gasteiger partial charge in [-0.25, -0.2) is 15.0 Å². The van der Waals surface area contributed by atoms with Gasteiger partial charge >= 0.3 is 0 Å². The van der Waals surface area contributed by atoms with E-state index >= 15 is 0 Å². The van der Waals surface area contributed by atoms with Crippen molar-refractivity contribution in [2.24, 2.45) is 0 Å². The first-order valence-electron chi connectivity index (χ1n) is 20.6. The molecule has 0 amide bonds. The molecule has 4 heteroatoms. The third kappa shape index (κ3) is 5.87. The van der Waals surface area contributed by atoms with Crippen molar-refractivity contribution in [3.05, 3.63) is 199 Å². The SMILES string of the molecule is C=Cc1nc(-c2ccc(-c3cc(C4=CCCC=C4c4ccc5c(ccc6ccccc65)c4)nc(-c4ccccc4)n3)c3ccccc23)c2oc3ccccc3c2c1/C=C\C. The summed E-state index contributed by atoms with van der Waals surface area (Å²) in [6.07, 6.45) is 12.6. The van der Waals surface area contributed by atoms with Crippen LogP contribution in [0.25, 0.3) is 111 Å². The van der Waals surface area contributed by atoms with Gasteiger partial charge in [-0.2, -0.15) is 0 Å². The lowest BCUT2D eigenvalue weighted by molar-refractivity contribution is 0.668. The molecule has 0 spiro atoms. The van der Waals surface area contributed by atoms with Crippen molar-refractivity contribution in [2.45, 2.75) is 19.8 Å². The van der Waals surface area contributed by atoms with Crippen molar-refractivity contribution in [2.75, 3.05) is 0 Å². The lowest BCUT2D eigenvalue weighted by atomic mass is 9.87. The van der Waals surface area contributed by atoms with Crippen molar-refractivity contribution < 1.29 is 4.42 Å². The molecule has 0 fully saturated rings. The van der Waals surface area contributed by atoms with E-state index in [9.17, 15) is 0 Å². The van der Waals surface area contributed by atoms with Crippen LogP contribution in [-0.4, -0.2) is 15.0 Å². The Morgan fingerprint density at radius 2 is 1.22 bits per heavy atom. The highest BCUT2D eigenvalue weighted by atomic mass is 16.3. The van der Waals surface area contributed by atoms with E-state index in [-0.39, 0.29) is 0 Å². The van der Waals surface area contributed by atoms with Crippen LogP contribution in [0.1, 0.15) is 42.3 Å². The molecule has 0 saturated carbocycles. The fraction of sp³-hybridized carbons (Fsp3) is 0.0536. The van der Waals surface area contributed by atoms with Crippen LogP contribution in [0.4, 0.5) is 0 Å². The maximum atomic E-state index is 6.66. The molecule has 1 aliphatic rings. The van der Waals surface area contributed by atoms with E-state index < -0.39 is 0 Å². The van der Waals surface area contributed by atoms with E-state index in [1.165, 1.54) is 32.7 Å². The number of fused-ring (bicyclic) bond motifs is 7. The molecule has 0 atom stereocenters. The Labute approximate surface area is 348 Å². The summed E-state index contributed by atoms with van der Waals surface area (Å²) in [6.45, 7) is 6.20. The van der Waals surface area contributed by atoms with Crippen LogP contribution in [0.2, 0.25) is 0 Å². The Balaban J connectivity index is 1.09. The van der Waals surface area contributed by atoms with Gasteiger partial charge in [0.25, 0.3) is 0 Å². The number of hydrogen-bond donors (Lipinski definition) is 0. The number of nitrogens with zero attached hydrogens (tertiary/aromatic N) is 3. The molecule has 284 valence electrons. The topological polar surface area (TPSA) is 51.8 Å². The summed E-state index contributed by atoms with van der Waals surface area (Å²) < 4.78 is 6.66. The van der Waals surface area contributed by atoms with E-state index in [4.69, 9.17) is 19.4 Å². The van der Waals surface area contributed by atoms with E-state index in [1.807, 2.05) is 49.4 Å². The third-order valence-electron chi connectivity index (χ3n) is 11.8. The number of para-hydroxylation sites is 1. The van der Waals surface area contributed by atoms with Gasteiger partial charge in [0.15, 0.2) is 11.4 Å². The average molecular weight is 770 g/mol. The Hall–Kier alpha value is -7.69. The summed E-state index contributed by atoms with van der Waals surface area (Å²) in [5, 5.41) is 9.22. The normalized spacial score (nSPS) is 13.2. The molecular weight excluding hydrogens is 731 g/mol. The van der Waals surface area contributed by atoms with Gasteiger partial charge in [-0.05, 0) is 87.5 Å². The maximum Gasteiger partial charge on any atom is 0.162 e. The maximum absolute atomic E-state index is 6.66. The molecule has 1 aliphatic carbocycles. The van der Waals surface area contributed by atoms with Gasteiger partial charge in [-0.15, -0.1) is 0 Å². The minimum atomic E-state index is 0.688. The molecule has 3 heterocycles. The number of furan rings is 1. The Morgan fingerprint density at radius 1 is 0.550 bits per heavy atom. The smallest absolute Gasteiger partial charge is 0.162 e. The van der Waals surface area contributed by atoms with Gasteiger partial charge in [0.05, 0.1) is 17.1 Å². The molecule has 11 rings (SSSR count). The lowest BCUT2D eigenvalue weighted by Crippen LogP contribution is -2.02. The zero-order chi connectivity index (χ0) is 40.2. The summed E-state index contributed by atoms with van der Waals surface area (Å²) in [6, 6.07) is 53.5. The molecule has 0 N–H and O–H groups in total. The second-order valence-electron chi connectivity index (χ2n) is 15.3. The molecule has 0 radical (unpaired) electrons. The van der Waals surface area contributed by atoms with Crippen LogP contribution in [0.5, 0.6) is 0 Å². The van der Waals surface area contributed by atoms with Crippen LogP contribution < -0.4 is 0 Å². The van der Waals surface area contributed by atoms with Gasteiger partial charge < -0.3 is 4.42 Å². The number of allylic oxidation sites excluding steroid dienone is 5. The van der Waals surface area contributed by atoms with Crippen LogP contribution in [-0.2, 0) is 0 Å². The van der Waals surface area contributed by atoms with Gasteiger partial charge in [0, 0.05) is 38.6 Å². The molecule has 0 saturated heterocycles. The summed E-state index contributed by atoms with van der Waals surface area (Å²) in [5.41, 5.74) is 12.4. The highest BCUT2D eigenvalue weighted by Gasteiger charge is 2.23. The van der Waals surface area contributed by atoms with Crippen molar-refractivity contribution in [3.63, 3.8) is 0 Å². The molecule has 3 aromatic heterocycles. The highest BCUT2D eigenvalue weighted by molar-refractivity contribution is 6.16. The Kier molecular flexibility index (Phi) is 8.63. The van der Waals surface area contributed by atoms with Crippen molar-refractivity contribution >= 4 is 77.6 Å². The first-order valence-corrected chi connectivity index (χ1v) is 20.6. The van der Waals surface area contributed by atoms with E-state index in [0.717, 1.165) is 96.2 Å². The average Bonchev–Trinajstić information content (AvgIpc) is 3.71. The third-order valence-corrected chi connectivity index (χ3v) is 11.8. The van der Waals surface area contributed by atoms with Crippen LogP contribution in [0, 0.1) is 0 Å². The largest absolute Gasteiger partial charge is 0.454 e. The van der Waals surface area contributed by atoms with E-state index in [2.05, 4.69) is 146 Å². The number of rotatable bonds is 7. The van der Waals surface area contributed by atoms with Gasteiger partial charge in [0.1, 0.15) is 11.3 Å². The summed E-state index contributed by atoms with van der Waals surface area (Å²) in [5.74, 6) is 0.688. The van der Waals surface area contributed by atoms with Gasteiger partial charge in [0.2, 0.25) is 0 Å². The number of hydrogen-bond acceptors (Lipinski definition) is 4. The molecule has 7 aromatic carbocycles. The first-order chi connectivity index (χ1) is 29.7. The molecule has 10 aromatic rings. The minimum Gasteiger partial charge on any atom is -0.454 e. The molecule has 0 bridgehead atoms. The minimum absolute atomic E-state index is 0.688. The fourth-order valence-corrected chi connectivity index (χ4v) is 9.05. The zero-order valence-electron chi connectivity index (χ0n) is 33.2. The molecule has 60 heavy (non-hydrogen) atoms. The fourth-order valence-electron chi connectivity index (χ4n) is 9.05. The summed E-state index contributed by atoms with van der Waals surface area (Å²) >= 11 is 0. The van der Waals surface area contributed by atoms with E-state index in [0.29, 0.717) is 5.82 Å². The monoisotopic (exact) mass is 769 g/mol.